The molecule has 0 amide bonds. The maximum absolute atomic E-state index is 4.53. The van der Waals surface area contributed by atoms with Gasteiger partial charge in [-0.25, -0.2) is 9.48 Å². The lowest BCUT2D eigenvalue weighted by atomic mass is 10.1. The molecular weight excluding hydrogens is 220 g/mol. The van der Waals surface area contributed by atoms with Gasteiger partial charge in [0.25, 0.3) is 0 Å². The topological polar surface area (TPSA) is 12.4 Å². The first-order valence-corrected chi connectivity index (χ1v) is 6.60. The molecule has 0 aromatic heterocycles. The Morgan fingerprint density at radius 2 is 2.06 bits per heavy atom. The highest BCUT2D eigenvalue weighted by Crippen LogP contribution is 2.25. The van der Waals surface area contributed by atoms with Crippen LogP contribution in [0.5, 0.6) is 0 Å². The second kappa shape index (κ2) is 5.78. The second-order valence-corrected chi connectivity index (χ2v) is 4.70. The summed E-state index contributed by atoms with van der Waals surface area (Å²) < 4.78 is 0.671. The summed E-state index contributed by atoms with van der Waals surface area (Å²) in [4.78, 5) is 4.53. The van der Waals surface area contributed by atoms with E-state index in [2.05, 4.69) is 49.0 Å². The number of rotatable bonds is 6. The average Bonchev–Trinajstić information content (AvgIpc) is 2.81. The Morgan fingerprint density at radius 1 is 1.28 bits per heavy atom. The Balaban J connectivity index is 2.18. The van der Waals surface area contributed by atoms with Gasteiger partial charge in [0.2, 0.25) is 5.84 Å². The molecule has 0 saturated carbocycles. The van der Waals surface area contributed by atoms with Crippen LogP contribution in [0.1, 0.15) is 31.7 Å². The van der Waals surface area contributed by atoms with Gasteiger partial charge in [0.05, 0.1) is 12.4 Å². The van der Waals surface area contributed by atoms with Crippen molar-refractivity contribution in [3.8, 4) is 0 Å². The average molecular weight is 241 g/mol. The van der Waals surface area contributed by atoms with Gasteiger partial charge in [0.1, 0.15) is 12.7 Å². The van der Waals surface area contributed by atoms with Crippen LogP contribution in [0.4, 0.5) is 0 Å². The molecule has 0 spiro atoms. The summed E-state index contributed by atoms with van der Waals surface area (Å²) in [6, 6.07) is 10.5. The van der Waals surface area contributed by atoms with Crippen LogP contribution in [0.25, 0.3) is 0 Å². The molecule has 94 valence electrons. The van der Waals surface area contributed by atoms with Gasteiger partial charge in [-0.1, -0.05) is 43.7 Å². The summed E-state index contributed by atoms with van der Waals surface area (Å²) in [5.41, 5.74) is 1.31. The number of hydrogen-bond acceptors (Lipinski definition) is 1. The standard InChI is InChI=1S/C16H21N2/c1-3-5-11-16-17-12-13-18(16,4-2)14-15-9-7-6-8-10-15/h4,6-10,12-13H,2-3,5,11,14H2,1H3/q+1. The SMILES string of the molecule is C=C[N+]1(Cc2ccccc2)C=CN=C1CCCC. The van der Waals surface area contributed by atoms with Crippen LogP contribution in [0.2, 0.25) is 0 Å². The van der Waals surface area contributed by atoms with Crippen molar-refractivity contribution < 1.29 is 4.48 Å². The van der Waals surface area contributed by atoms with E-state index in [0.717, 1.165) is 13.0 Å². The van der Waals surface area contributed by atoms with Gasteiger partial charge >= 0.3 is 0 Å². The molecule has 0 fully saturated rings. The molecule has 0 aliphatic carbocycles. The number of unbranched alkanes of at least 4 members (excludes halogenated alkanes) is 1. The Hall–Kier alpha value is -1.67. The Kier molecular flexibility index (Phi) is 4.11. The first kappa shape index (κ1) is 12.8. The summed E-state index contributed by atoms with van der Waals surface area (Å²) in [6.45, 7) is 7.13. The molecule has 18 heavy (non-hydrogen) atoms. The first-order valence-electron chi connectivity index (χ1n) is 6.60. The van der Waals surface area contributed by atoms with Crippen molar-refractivity contribution in [3.05, 3.63) is 61.1 Å². The van der Waals surface area contributed by atoms with Crippen LogP contribution in [0, 0.1) is 0 Å². The number of benzene rings is 1. The van der Waals surface area contributed by atoms with E-state index in [1.807, 2.05) is 18.5 Å². The number of aliphatic imine (C=N–C) groups is 1. The van der Waals surface area contributed by atoms with Gasteiger partial charge in [0.15, 0.2) is 0 Å². The molecule has 2 heteroatoms. The van der Waals surface area contributed by atoms with Crippen molar-refractivity contribution in [1.82, 2.24) is 0 Å². The third-order valence-electron chi connectivity index (χ3n) is 3.40. The zero-order valence-electron chi connectivity index (χ0n) is 11.0. The molecule has 0 N–H and O–H groups in total. The number of hydrogen-bond donors (Lipinski definition) is 0. The summed E-state index contributed by atoms with van der Waals surface area (Å²) in [7, 11) is 0. The molecule has 1 unspecified atom stereocenters. The smallest absolute Gasteiger partial charge is 0.212 e. The molecule has 1 aliphatic heterocycles. The second-order valence-electron chi connectivity index (χ2n) is 4.70. The Bertz CT molecular complexity index is 459. The van der Waals surface area contributed by atoms with Crippen LogP contribution >= 0.6 is 0 Å². The Morgan fingerprint density at radius 3 is 2.72 bits per heavy atom. The molecule has 2 nitrogen and oxygen atoms in total. The summed E-state index contributed by atoms with van der Waals surface area (Å²) in [5.74, 6) is 1.20. The lowest BCUT2D eigenvalue weighted by Gasteiger charge is -2.28. The molecule has 2 rings (SSSR count). The maximum Gasteiger partial charge on any atom is 0.212 e. The van der Waals surface area contributed by atoms with Crippen LogP contribution in [0.3, 0.4) is 0 Å². The van der Waals surface area contributed by atoms with E-state index in [4.69, 9.17) is 0 Å². The van der Waals surface area contributed by atoms with E-state index >= 15 is 0 Å². The van der Waals surface area contributed by atoms with Crippen LogP contribution in [0.15, 0.2) is 60.5 Å². The lowest BCUT2D eigenvalue weighted by Crippen LogP contribution is -2.40. The largest absolute Gasteiger partial charge is 0.222 e. The molecule has 0 bridgehead atoms. The van der Waals surface area contributed by atoms with Crippen molar-refractivity contribution in [2.24, 2.45) is 4.99 Å². The summed E-state index contributed by atoms with van der Waals surface area (Å²) in [6.07, 6.45) is 9.46. The van der Waals surface area contributed by atoms with Gasteiger partial charge in [-0.05, 0) is 13.0 Å². The molecule has 1 aromatic rings. The fourth-order valence-corrected chi connectivity index (χ4v) is 2.30. The molecule has 1 aliphatic rings. The zero-order chi connectivity index (χ0) is 12.8. The third kappa shape index (κ3) is 2.59. The lowest BCUT2D eigenvalue weighted by molar-refractivity contribution is -0.745. The van der Waals surface area contributed by atoms with Crippen LogP contribution < -0.4 is 0 Å². The molecular formula is C16H21N2+. The maximum atomic E-state index is 4.53. The van der Waals surface area contributed by atoms with Gasteiger partial charge in [-0.3, -0.25) is 0 Å². The van der Waals surface area contributed by atoms with Gasteiger partial charge < -0.3 is 0 Å². The van der Waals surface area contributed by atoms with Gasteiger partial charge in [0, 0.05) is 12.0 Å². The van der Waals surface area contributed by atoms with E-state index < -0.39 is 0 Å². The molecule has 1 atom stereocenters. The van der Waals surface area contributed by atoms with E-state index in [0.29, 0.717) is 4.48 Å². The van der Waals surface area contributed by atoms with Crippen molar-refractivity contribution in [2.45, 2.75) is 32.7 Å². The highest BCUT2D eigenvalue weighted by molar-refractivity contribution is 5.78. The number of quaternary nitrogens is 1. The first-order chi connectivity index (χ1) is 8.80. The quantitative estimate of drug-likeness (QED) is 0.661. The highest BCUT2D eigenvalue weighted by Gasteiger charge is 2.32. The van der Waals surface area contributed by atoms with Crippen LogP contribution in [-0.2, 0) is 6.54 Å². The fraction of sp³-hybridized carbons (Fsp3) is 0.312. The van der Waals surface area contributed by atoms with Gasteiger partial charge in [-0.2, -0.15) is 0 Å². The number of nitrogens with zero attached hydrogens (tertiary/aromatic N) is 2. The third-order valence-corrected chi connectivity index (χ3v) is 3.40. The Labute approximate surface area is 110 Å². The van der Waals surface area contributed by atoms with Crippen molar-refractivity contribution in [1.29, 1.82) is 0 Å². The zero-order valence-corrected chi connectivity index (χ0v) is 11.0. The van der Waals surface area contributed by atoms with Crippen molar-refractivity contribution in [2.75, 3.05) is 0 Å². The van der Waals surface area contributed by atoms with Gasteiger partial charge in [-0.15, -0.1) is 0 Å². The highest BCUT2D eigenvalue weighted by atomic mass is 15.4. The predicted molar refractivity (Wildman–Crippen MR) is 76.7 cm³/mol. The molecule has 0 radical (unpaired) electrons. The minimum Gasteiger partial charge on any atom is -0.222 e. The van der Waals surface area contributed by atoms with E-state index in [1.165, 1.54) is 24.2 Å². The fourth-order valence-electron chi connectivity index (χ4n) is 2.30. The van der Waals surface area contributed by atoms with E-state index in [-0.39, 0.29) is 0 Å². The molecule has 1 heterocycles. The normalized spacial score (nSPS) is 21.9. The molecule has 1 aromatic carbocycles. The van der Waals surface area contributed by atoms with Crippen molar-refractivity contribution >= 4 is 5.84 Å². The summed E-state index contributed by atoms with van der Waals surface area (Å²) >= 11 is 0. The molecule has 0 saturated heterocycles. The minimum atomic E-state index is 0.671. The number of amidine groups is 1. The monoisotopic (exact) mass is 241 g/mol. The van der Waals surface area contributed by atoms with Crippen molar-refractivity contribution in [3.63, 3.8) is 0 Å². The minimum absolute atomic E-state index is 0.671. The van der Waals surface area contributed by atoms with E-state index in [9.17, 15) is 0 Å². The van der Waals surface area contributed by atoms with E-state index in [1.54, 1.807) is 0 Å². The van der Waals surface area contributed by atoms with Crippen LogP contribution in [-0.4, -0.2) is 10.3 Å². The summed E-state index contributed by atoms with van der Waals surface area (Å²) in [5, 5.41) is 0. The predicted octanol–water partition coefficient (Wildman–Crippen LogP) is 4.22.